The fourth-order valence-corrected chi connectivity index (χ4v) is 2.68. The normalized spacial score (nSPS) is 22.7. The summed E-state index contributed by atoms with van der Waals surface area (Å²) in [5.74, 6) is 0.0399. The Labute approximate surface area is 124 Å². The summed E-state index contributed by atoms with van der Waals surface area (Å²) in [6, 6.07) is 4.57. The van der Waals surface area contributed by atoms with Gasteiger partial charge in [-0.2, -0.15) is 0 Å². The van der Waals surface area contributed by atoms with Crippen molar-refractivity contribution in [2.24, 2.45) is 16.8 Å². The summed E-state index contributed by atoms with van der Waals surface area (Å²) >= 11 is 0. The van der Waals surface area contributed by atoms with Crippen LogP contribution in [0.3, 0.4) is 0 Å². The first-order valence-corrected chi connectivity index (χ1v) is 7.24. The van der Waals surface area contributed by atoms with Crippen molar-refractivity contribution in [3.63, 3.8) is 0 Å². The van der Waals surface area contributed by atoms with E-state index in [0.29, 0.717) is 29.7 Å². The van der Waals surface area contributed by atoms with Crippen molar-refractivity contribution in [3.8, 4) is 0 Å². The summed E-state index contributed by atoms with van der Waals surface area (Å²) in [7, 11) is 0. The van der Waals surface area contributed by atoms with E-state index in [-0.39, 0.29) is 11.7 Å². The molecule has 1 heterocycles. The van der Waals surface area contributed by atoms with Crippen molar-refractivity contribution >= 4 is 5.84 Å². The van der Waals surface area contributed by atoms with Gasteiger partial charge in [0, 0.05) is 30.8 Å². The van der Waals surface area contributed by atoms with Crippen molar-refractivity contribution in [1.29, 1.82) is 0 Å². The van der Waals surface area contributed by atoms with Crippen molar-refractivity contribution in [2.75, 3.05) is 13.2 Å². The van der Waals surface area contributed by atoms with Crippen LogP contribution < -0.4 is 11.1 Å². The number of nitrogens with two attached hydrogens (primary N) is 1. The lowest BCUT2D eigenvalue weighted by Gasteiger charge is -2.17. The van der Waals surface area contributed by atoms with E-state index in [1.54, 1.807) is 12.1 Å². The summed E-state index contributed by atoms with van der Waals surface area (Å²) in [6.45, 7) is 4.21. The highest BCUT2D eigenvalue weighted by Gasteiger charge is 2.26. The second-order valence-corrected chi connectivity index (χ2v) is 5.29. The van der Waals surface area contributed by atoms with Crippen LogP contribution in [0.2, 0.25) is 0 Å². The second kappa shape index (κ2) is 7.38. The van der Waals surface area contributed by atoms with Crippen molar-refractivity contribution in [3.05, 3.63) is 35.1 Å². The van der Waals surface area contributed by atoms with Gasteiger partial charge in [-0.05, 0) is 24.8 Å². The quantitative estimate of drug-likeness (QED) is 0.324. The minimum absolute atomic E-state index is 0.0951. The molecule has 1 aromatic rings. The largest absolute Gasteiger partial charge is 0.409 e. The molecule has 0 radical (unpaired) electrons. The fourth-order valence-electron chi connectivity index (χ4n) is 2.68. The van der Waals surface area contributed by atoms with Gasteiger partial charge in [-0.3, -0.25) is 0 Å². The fraction of sp³-hybridized carbons (Fsp3) is 0.533. The molecular formula is C15H22FN3O2. The number of ether oxygens (including phenoxy) is 1. The maximum Gasteiger partial charge on any atom is 0.170 e. The van der Waals surface area contributed by atoms with Crippen LogP contribution in [-0.4, -0.2) is 30.3 Å². The Bertz CT molecular complexity index is 508. The maximum atomic E-state index is 13.9. The smallest absolute Gasteiger partial charge is 0.170 e. The van der Waals surface area contributed by atoms with Crippen LogP contribution in [0.25, 0.3) is 0 Å². The van der Waals surface area contributed by atoms with Gasteiger partial charge in [0.1, 0.15) is 5.82 Å². The number of halogens is 1. The molecule has 1 saturated heterocycles. The van der Waals surface area contributed by atoms with Gasteiger partial charge in [0.25, 0.3) is 0 Å². The second-order valence-electron chi connectivity index (χ2n) is 5.29. The molecule has 21 heavy (non-hydrogen) atoms. The molecular weight excluding hydrogens is 273 g/mol. The molecule has 1 aliphatic heterocycles. The van der Waals surface area contributed by atoms with Crippen LogP contribution in [-0.2, 0) is 11.3 Å². The molecule has 0 aliphatic carbocycles. The van der Waals surface area contributed by atoms with E-state index in [4.69, 9.17) is 15.7 Å². The van der Waals surface area contributed by atoms with Gasteiger partial charge in [-0.25, -0.2) is 4.39 Å². The molecule has 0 saturated carbocycles. The summed E-state index contributed by atoms with van der Waals surface area (Å²) in [6.07, 6.45) is 2.37. The summed E-state index contributed by atoms with van der Waals surface area (Å²) < 4.78 is 19.6. The minimum atomic E-state index is -0.360. The first kappa shape index (κ1) is 15.7. The van der Waals surface area contributed by atoms with Gasteiger partial charge in [0.05, 0.1) is 6.10 Å². The maximum absolute atomic E-state index is 13.9. The third-order valence-corrected chi connectivity index (χ3v) is 3.93. The zero-order valence-corrected chi connectivity index (χ0v) is 12.2. The van der Waals surface area contributed by atoms with Crippen molar-refractivity contribution in [1.82, 2.24) is 5.32 Å². The monoisotopic (exact) mass is 295 g/mol. The van der Waals surface area contributed by atoms with E-state index >= 15 is 0 Å². The number of nitrogens with zero attached hydrogens (tertiary/aromatic N) is 1. The average Bonchev–Trinajstić information content (AvgIpc) is 2.95. The highest BCUT2D eigenvalue weighted by Crippen LogP contribution is 2.22. The standard InChI is InChI=1S/C15H22FN3O2/c1-2-14-12(5-6-21-14)9-18-8-11-4-3-10(7-13(11)16)15(17)19-20/h3-4,7,12,14,18,20H,2,5-6,8-9H2,1H3,(H2,17,19). The van der Waals surface area contributed by atoms with Crippen LogP contribution in [0.15, 0.2) is 23.4 Å². The highest BCUT2D eigenvalue weighted by molar-refractivity contribution is 5.97. The number of hydrogen-bond donors (Lipinski definition) is 3. The zero-order chi connectivity index (χ0) is 15.2. The Balaban J connectivity index is 1.89. The number of rotatable bonds is 6. The van der Waals surface area contributed by atoms with Gasteiger partial charge in [-0.15, -0.1) is 0 Å². The molecule has 0 bridgehead atoms. The summed E-state index contributed by atoms with van der Waals surface area (Å²) in [5, 5.41) is 14.7. The predicted molar refractivity (Wildman–Crippen MR) is 78.8 cm³/mol. The molecule has 2 rings (SSSR count). The van der Waals surface area contributed by atoms with E-state index in [0.717, 1.165) is 26.0 Å². The van der Waals surface area contributed by atoms with Gasteiger partial charge < -0.3 is 21.0 Å². The molecule has 0 spiro atoms. The number of hydrogen-bond acceptors (Lipinski definition) is 4. The molecule has 5 nitrogen and oxygen atoms in total. The third kappa shape index (κ3) is 3.92. The molecule has 2 unspecified atom stereocenters. The lowest BCUT2D eigenvalue weighted by Crippen LogP contribution is -2.28. The zero-order valence-electron chi connectivity index (χ0n) is 12.2. The Kier molecular flexibility index (Phi) is 5.52. The molecule has 1 aromatic carbocycles. The molecule has 1 fully saturated rings. The van der Waals surface area contributed by atoms with E-state index in [1.807, 2.05) is 0 Å². The Hall–Kier alpha value is -1.66. The summed E-state index contributed by atoms with van der Waals surface area (Å²) in [5.41, 5.74) is 6.37. The van der Waals surface area contributed by atoms with Gasteiger partial charge in [0.15, 0.2) is 5.84 Å². The number of nitrogens with one attached hydrogen (secondary N) is 1. The van der Waals surface area contributed by atoms with E-state index in [9.17, 15) is 4.39 Å². The first-order valence-electron chi connectivity index (χ1n) is 7.24. The van der Waals surface area contributed by atoms with E-state index in [1.165, 1.54) is 6.07 Å². The molecule has 4 N–H and O–H groups in total. The predicted octanol–water partition coefficient (Wildman–Crippen LogP) is 1.82. The SMILES string of the molecule is CCC1OCCC1CNCc1ccc(/C(N)=N/O)cc1F. The summed E-state index contributed by atoms with van der Waals surface area (Å²) in [4.78, 5) is 0. The van der Waals surface area contributed by atoms with Crippen LogP contribution in [0, 0.1) is 11.7 Å². The van der Waals surface area contributed by atoms with E-state index in [2.05, 4.69) is 17.4 Å². The number of benzene rings is 1. The Morgan fingerprint density at radius 3 is 3.05 bits per heavy atom. The molecule has 116 valence electrons. The molecule has 0 aromatic heterocycles. The Morgan fingerprint density at radius 2 is 2.38 bits per heavy atom. The molecule has 6 heteroatoms. The molecule has 0 amide bonds. The van der Waals surface area contributed by atoms with Gasteiger partial charge >= 0.3 is 0 Å². The average molecular weight is 295 g/mol. The topological polar surface area (TPSA) is 79.9 Å². The third-order valence-electron chi connectivity index (χ3n) is 3.93. The minimum Gasteiger partial charge on any atom is -0.409 e. The van der Waals surface area contributed by atoms with E-state index < -0.39 is 0 Å². The van der Waals surface area contributed by atoms with Crippen molar-refractivity contribution in [2.45, 2.75) is 32.4 Å². The lowest BCUT2D eigenvalue weighted by atomic mass is 9.99. The van der Waals surface area contributed by atoms with Crippen molar-refractivity contribution < 1.29 is 14.3 Å². The first-order chi connectivity index (χ1) is 10.2. The lowest BCUT2D eigenvalue weighted by molar-refractivity contribution is 0.0872. The van der Waals surface area contributed by atoms with Crippen LogP contribution in [0.5, 0.6) is 0 Å². The van der Waals surface area contributed by atoms with Crippen LogP contribution in [0.1, 0.15) is 30.9 Å². The van der Waals surface area contributed by atoms with Gasteiger partial charge in [0.2, 0.25) is 0 Å². The molecule has 1 aliphatic rings. The van der Waals surface area contributed by atoms with Crippen LogP contribution >= 0.6 is 0 Å². The number of oxime groups is 1. The van der Waals surface area contributed by atoms with Crippen LogP contribution in [0.4, 0.5) is 4.39 Å². The van der Waals surface area contributed by atoms with Gasteiger partial charge in [-0.1, -0.05) is 24.2 Å². The highest BCUT2D eigenvalue weighted by atomic mass is 19.1. The molecule has 2 atom stereocenters. The Morgan fingerprint density at radius 1 is 1.57 bits per heavy atom. The number of amidine groups is 1.